The van der Waals surface area contributed by atoms with Gasteiger partial charge in [-0.15, -0.1) is 0 Å². The van der Waals surface area contributed by atoms with E-state index in [2.05, 4.69) is 10.6 Å². The topological polar surface area (TPSA) is 58.2 Å². The minimum atomic E-state index is -0.104. The lowest BCUT2D eigenvalue weighted by Gasteiger charge is -2.24. The summed E-state index contributed by atoms with van der Waals surface area (Å²) in [4.78, 5) is 23.6. The number of anilines is 1. The van der Waals surface area contributed by atoms with Crippen LogP contribution in [0.2, 0.25) is 0 Å². The minimum absolute atomic E-state index is 0.0154. The average molecular weight is 260 g/mol. The van der Waals surface area contributed by atoms with Crippen molar-refractivity contribution in [3.05, 3.63) is 29.8 Å². The van der Waals surface area contributed by atoms with E-state index < -0.39 is 0 Å². The second-order valence-electron chi connectivity index (χ2n) is 5.31. The van der Waals surface area contributed by atoms with Crippen LogP contribution in [-0.4, -0.2) is 17.9 Å². The van der Waals surface area contributed by atoms with Crippen LogP contribution in [0.15, 0.2) is 24.3 Å². The highest BCUT2D eigenvalue weighted by Gasteiger charge is 2.26. The van der Waals surface area contributed by atoms with Crippen molar-refractivity contribution in [3.8, 4) is 0 Å². The van der Waals surface area contributed by atoms with Crippen LogP contribution in [-0.2, 0) is 16.0 Å². The molecule has 1 atom stereocenters. The second-order valence-corrected chi connectivity index (χ2v) is 5.31. The number of amides is 2. The lowest BCUT2D eigenvalue weighted by atomic mass is 9.89. The quantitative estimate of drug-likeness (QED) is 0.871. The van der Waals surface area contributed by atoms with Gasteiger partial charge in [-0.25, -0.2) is 0 Å². The van der Waals surface area contributed by atoms with Gasteiger partial charge in [0, 0.05) is 24.1 Å². The van der Waals surface area contributed by atoms with E-state index >= 15 is 0 Å². The Labute approximate surface area is 113 Å². The van der Waals surface area contributed by atoms with Crippen molar-refractivity contribution in [1.29, 1.82) is 0 Å². The standard InChI is InChI=1S/C15H20N2O2/c1-10(2)16-14(18)8-7-12-9-11-5-3-4-6-13(11)17-15(12)19/h3-6,10,12H,7-9H2,1-2H3,(H,16,18)(H,17,19). The molecule has 1 aliphatic heterocycles. The number of fused-ring (bicyclic) bond motifs is 1. The van der Waals surface area contributed by atoms with Gasteiger partial charge in [0.25, 0.3) is 0 Å². The van der Waals surface area contributed by atoms with Gasteiger partial charge >= 0.3 is 0 Å². The van der Waals surface area contributed by atoms with Crippen LogP contribution < -0.4 is 10.6 Å². The van der Waals surface area contributed by atoms with Crippen molar-refractivity contribution in [2.75, 3.05) is 5.32 Å². The Morgan fingerprint density at radius 2 is 2.16 bits per heavy atom. The highest BCUT2D eigenvalue weighted by atomic mass is 16.2. The Bertz CT molecular complexity index is 483. The van der Waals surface area contributed by atoms with E-state index in [-0.39, 0.29) is 23.8 Å². The van der Waals surface area contributed by atoms with E-state index in [0.29, 0.717) is 12.8 Å². The van der Waals surface area contributed by atoms with Crippen LogP contribution in [0.5, 0.6) is 0 Å². The molecule has 2 rings (SSSR count). The summed E-state index contributed by atoms with van der Waals surface area (Å²) in [7, 11) is 0. The maximum absolute atomic E-state index is 11.9. The molecule has 0 spiro atoms. The van der Waals surface area contributed by atoms with Crippen LogP contribution in [0.25, 0.3) is 0 Å². The molecule has 4 heteroatoms. The summed E-state index contributed by atoms with van der Waals surface area (Å²) in [5.74, 6) is -0.0643. The maximum atomic E-state index is 11.9. The summed E-state index contributed by atoms with van der Waals surface area (Å²) in [5, 5.41) is 5.75. The number of carbonyl (C=O) groups excluding carboxylic acids is 2. The predicted molar refractivity (Wildman–Crippen MR) is 74.8 cm³/mol. The van der Waals surface area contributed by atoms with Crippen molar-refractivity contribution in [3.63, 3.8) is 0 Å². The van der Waals surface area contributed by atoms with Crippen LogP contribution >= 0.6 is 0 Å². The molecule has 1 aromatic carbocycles. The SMILES string of the molecule is CC(C)NC(=O)CCC1Cc2ccccc2NC1=O. The molecule has 1 aromatic rings. The molecule has 0 aliphatic carbocycles. The van der Waals surface area contributed by atoms with Gasteiger partial charge in [0.2, 0.25) is 11.8 Å². The number of para-hydroxylation sites is 1. The summed E-state index contributed by atoms with van der Waals surface area (Å²) in [5.41, 5.74) is 2.05. The van der Waals surface area contributed by atoms with E-state index in [9.17, 15) is 9.59 Å². The molecular formula is C15H20N2O2. The fourth-order valence-corrected chi connectivity index (χ4v) is 2.35. The van der Waals surface area contributed by atoms with Gasteiger partial charge in [-0.3, -0.25) is 9.59 Å². The van der Waals surface area contributed by atoms with E-state index in [4.69, 9.17) is 0 Å². The molecule has 2 N–H and O–H groups in total. The molecule has 1 unspecified atom stereocenters. The normalized spacial score (nSPS) is 17.8. The van der Waals surface area contributed by atoms with Crippen LogP contribution in [0.4, 0.5) is 5.69 Å². The van der Waals surface area contributed by atoms with Gasteiger partial charge in [0.15, 0.2) is 0 Å². The Balaban J connectivity index is 1.92. The summed E-state index contributed by atoms with van der Waals surface area (Å²) >= 11 is 0. The first kappa shape index (κ1) is 13.6. The third-order valence-corrected chi connectivity index (χ3v) is 3.28. The Hall–Kier alpha value is -1.84. The summed E-state index contributed by atoms with van der Waals surface area (Å²) < 4.78 is 0. The number of rotatable bonds is 4. The fourth-order valence-electron chi connectivity index (χ4n) is 2.35. The third kappa shape index (κ3) is 3.56. The fraction of sp³-hybridized carbons (Fsp3) is 0.467. The third-order valence-electron chi connectivity index (χ3n) is 3.28. The van der Waals surface area contributed by atoms with Crippen LogP contribution in [0, 0.1) is 5.92 Å². The first-order valence-corrected chi connectivity index (χ1v) is 6.74. The van der Waals surface area contributed by atoms with Crippen molar-refractivity contribution in [2.24, 2.45) is 5.92 Å². The van der Waals surface area contributed by atoms with Gasteiger partial charge in [0.1, 0.15) is 0 Å². The molecule has 0 fully saturated rings. The van der Waals surface area contributed by atoms with E-state index in [1.807, 2.05) is 38.1 Å². The molecule has 0 aromatic heterocycles. The number of nitrogens with one attached hydrogen (secondary N) is 2. The van der Waals surface area contributed by atoms with E-state index in [1.165, 1.54) is 0 Å². The highest BCUT2D eigenvalue weighted by Crippen LogP contribution is 2.27. The monoisotopic (exact) mass is 260 g/mol. The van der Waals surface area contributed by atoms with Crippen molar-refractivity contribution in [2.45, 2.75) is 39.2 Å². The molecule has 19 heavy (non-hydrogen) atoms. The predicted octanol–water partition coefficient (Wildman–Crippen LogP) is 2.10. The molecule has 4 nitrogen and oxygen atoms in total. The first-order valence-electron chi connectivity index (χ1n) is 6.74. The van der Waals surface area contributed by atoms with E-state index in [1.54, 1.807) is 0 Å². The zero-order valence-corrected chi connectivity index (χ0v) is 11.4. The smallest absolute Gasteiger partial charge is 0.227 e. The van der Waals surface area contributed by atoms with Gasteiger partial charge in [0.05, 0.1) is 0 Å². The molecular weight excluding hydrogens is 240 g/mol. The van der Waals surface area contributed by atoms with Crippen LogP contribution in [0.3, 0.4) is 0 Å². The zero-order chi connectivity index (χ0) is 13.8. The average Bonchev–Trinajstić information content (AvgIpc) is 2.35. The minimum Gasteiger partial charge on any atom is -0.354 e. The molecule has 1 heterocycles. The van der Waals surface area contributed by atoms with Crippen molar-refractivity contribution >= 4 is 17.5 Å². The van der Waals surface area contributed by atoms with Gasteiger partial charge in [-0.1, -0.05) is 18.2 Å². The molecule has 2 amide bonds. The summed E-state index contributed by atoms with van der Waals surface area (Å²) in [6, 6.07) is 7.97. The first-order chi connectivity index (χ1) is 9.06. The number of hydrogen-bond acceptors (Lipinski definition) is 2. The molecule has 102 valence electrons. The molecule has 0 bridgehead atoms. The second kappa shape index (κ2) is 5.87. The Morgan fingerprint density at radius 1 is 1.42 bits per heavy atom. The summed E-state index contributed by atoms with van der Waals surface area (Å²) in [6.07, 6.45) is 1.72. The molecule has 0 saturated carbocycles. The Kier molecular flexibility index (Phi) is 4.20. The number of carbonyl (C=O) groups is 2. The van der Waals surface area contributed by atoms with Gasteiger partial charge in [-0.2, -0.15) is 0 Å². The lowest BCUT2D eigenvalue weighted by Crippen LogP contribution is -2.33. The van der Waals surface area contributed by atoms with Crippen molar-refractivity contribution in [1.82, 2.24) is 5.32 Å². The summed E-state index contributed by atoms with van der Waals surface area (Å²) in [6.45, 7) is 3.86. The van der Waals surface area contributed by atoms with Crippen molar-refractivity contribution < 1.29 is 9.59 Å². The van der Waals surface area contributed by atoms with Gasteiger partial charge < -0.3 is 10.6 Å². The maximum Gasteiger partial charge on any atom is 0.227 e. The highest BCUT2D eigenvalue weighted by molar-refractivity contribution is 5.96. The molecule has 1 aliphatic rings. The zero-order valence-electron chi connectivity index (χ0n) is 11.4. The molecule has 0 saturated heterocycles. The van der Waals surface area contributed by atoms with Crippen LogP contribution in [0.1, 0.15) is 32.3 Å². The largest absolute Gasteiger partial charge is 0.354 e. The molecule has 0 radical (unpaired) electrons. The number of hydrogen-bond donors (Lipinski definition) is 2. The number of benzene rings is 1. The Morgan fingerprint density at radius 3 is 2.89 bits per heavy atom. The lowest BCUT2D eigenvalue weighted by molar-refractivity contribution is -0.123. The van der Waals surface area contributed by atoms with E-state index in [0.717, 1.165) is 17.7 Å². The van der Waals surface area contributed by atoms with Gasteiger partial charge in [-0.05, 0) is 38.3 Å².